The predicted octanol–water partition coefficient (Wildman–Crippen LogP) is 4.65. The Labute approximate surface area is 184 Å². The van der Waals surface area contributed by atoms with E-state index in [9.17, 15) is 19.4 Å². The van der Waals surface area contributed by atoms with Crippen LogP contribution in [0.3, 0.4) is 0 Å². The van der Waals surface area contributed by atoms with Crippen molar-refractivity contribution in [2.45, 2.75) is 44.9 Å². The van der Waals surface area contributed by atoms with Crippen LogP contribution in [0.15, 0.2) is 30.3 Å². The molecule has 0 aromatic heterocycles. The summed E-state index contributed by atoms with van der Waals surface area (Å²) in [6.45, 7) is 4.47. The molecule has 32 heavy (non-hydrogen) atoms. The Kier molecular flexibility index (Phi) is 6.55. The van der Waals surface area contributed by atoms with Gasteiger partial charge in [0.15, 0.2) is 11.5 Å². The molecule has 0 radical (unpaired) electrons. The van der Waals surface area contributed by atoms with E-state index in [1.807, 2.05) is 6.92 Å². The Balaban J connectivity index is 2.18. The monoisotopic (exact) mass is 449 g/mol. The number of phenols is 2. The van der Waals surface area contributed by atoms with Crippen LogP contribution in [0, 0.1) is 11.6 Å². The fraction of sp³-hybridized carbons (Fsp3) is 0.375. The summed E-state index contributed by atoms with van der Waals surface area (Å²) in [5.74, 6) is -3.20. The third kappa shape index (κ3) is 4.91. The van der Waals surface area contributed by atoms with E-state index in [1.54, 1.807) is 4.90 Å². The Hall–Kier alpha value is -3.00. The number of nitrogens with zero attached hydrogens (tertiary/aromatic N) is 1. The minimum Gasteiger partial charge on any atom is -0.504 e. The molecule has 0 fully saturated rings. The van der Waals surface area contributed by atoms with Crippen molar-refractivity contribution in [2.24, 2.45) is 0 Å². The van der Waals surface area contributed by atoms with Crippen molar-refractivity contribution in [3.63, 3.8) is 0 Å². The maximum Gasteiger partial charge on any atom is 0.330 e. The number of esters is 1. The smallest absolute Gasteiger partial charge is 0.330 e. The van der Waals surface area contributed by atoms with E-state index >= 15 is 8.78 Å². The molecule has 1 aliphatic rings. The molecule has 1 aliphatic heterocycles. The van der Waals surface area contributed by atoms with Crippen molar-refractivity contribution < 1.29 is 32.9 Å². The molecule has 8 heteroatoms. The van der Waals surface area contributed by atoms with Crippen LogP contribution in [0.5, 0.6) is 11.5 Å². The van der Waals surface area contributed by atoms with Crippen LogP contribution in [0.25, 0.3) is 6.08 Å². The number of hydrogen-bond donors (Lipinski definition) is 2. The molecule has 0 spiro atoms. The molecule has 3 rings (SSSR count). The van der Waals surface area contributed by atoms with Gasteiger partial charge in [0.2, 0.25) is 0 Å². The molecular weight excluding hydrogens is 423 g/mol. The number of rotatable bonds is 5. The first-order valence-electron chi connectivity index (χ1n) is 10.2. The SMILES string of the molecule is COC(=O)/C=C/c1cc(F)c([C@@H]2c3cc(O)c(O)cc3C[C@@H](C)N2CC(C)(C)F)c(F)c1. The van der Waals surface area contributed by atoms with Crippen LogP contribution in [0.1, 0.15) is 49.1 Å². The lowest BCUT2D eigenvalue weighted by atomic mass is 9.83. The molecule has 2 aromatic rings. The minimum absolute atomic E-state index is 0.108. The summed E-state index contributed by atoms with van der Waals surface area (Å²) >= 11 is 0. The standard InChI is InChI=1S/C24H26F3NO4/c1-13-7-15-10-19(29)20(30)11-16(15)23(28(13)12-24(2,3)27)22-17(25)8-14(9-18(22)26)5-6-21(31)32-4/h5-6,8-11,13,23,29-30H,7,12H2,1-4H3/b6-5+/t13-,23+/m1/s1. The summed E-state index contributed by atoms with van der Waals surface area (Å²) < 4.78 is 49.7. The number of benzene rings is 2. The number of halogens is 3. The Morgan fingerprint density at radius 1 is 1.19 bits per heavy atom. The first-order valence-corrected chi connectivity index (χ1v) is 10.2. The third-order valence-corrected chi connectivity index (χ3v) is 5.49. The van der Waals surface area contributed by atoms with Crippen LogP contribution in [-0.4, -0.2) is 46.4 Å². The number of carbonyl (C=O) groups excluding carboxylic acids is 1. The van der Waals surface area contributed by atoms with Gasteiger partial charge in [0, 0.05) is 24.2 Å². The highest BCUT2D eigenvalue weighted by atomic mass is 19.1. The molecule has 0 saturated carbocycles. The molecule has 2 atom stereocenters. The zero-order valence-corrected chi connectivity index (χ0v) is 18.3. The molecule has 5 nitrogen and oxygen atoms in total. The van der Waals surface area contributed by atoms with Crippen molar-refractivity contribution in [1.29, 1.82) is 0 Å². The number of alkyl halides is 1. The molecule has 0 unspecified atom stereocenters. The summed E-state index contributed by atoms with van der Waals surface area (Å²) in [6, 6.07) is 3.46. The van der Waals surface area contributed by atoms with Gasteiger partial charge in [0.25, 0.3) is 0 Å². The summed E-state index contributed by atoms with van der Waals surface area (Å²) in [5.41, 5.74) is -0.844. The van der Waals surface area contributed by atoms with Crippen LogP contribution < -0.4 is 0 Å². The topological polar surface area (TPSA) is 70.0 Å². The molecule has 172 valence electrons. The van der Waals surface area contributed by atoms with Crippen LogP contribution in [-0.2, 0) is 16.0 Å². The number of aromatic hydroxyl groups is 2. The van der Waals surface area contributed by atoms with E-state index < -0.39 is 35.1 Å². The number of fused-ring (bicyclic) bond motifs is 1. The minimum atomic E-state index is -1.65. The third-order valence-electron chi connectivity index (χ3n) is 5.49. The number of ether oxygens (including phenoxy) is 1. The normalized spacial score (nSPS) is 19.2. The fourth-order valence-corrected chi connectivity index (χ4v) is 4.13. The van der Waals surface area contributed by atoms with E-state index in [-0.39, 0.29) is 29.5 Å². The highest BCUT2D eigenvalue weighted by Crippen LogP contribution is 2.44. The van der Waals surface area contributed by atoms with Crippen molar-refractivity contribution in [3.05, 3.63) is 64.2 Å². The maximum atomic E-state index is 15.3. The van der Waals surface area contributed by atoms with Gasteiger partial charge in [-0.3, -0.25) is 4.90 Å². The second-order valence-electron chi connectivity index (χ2n) is 8.64. The second kappa shape index (κ2) is 8.86. The van der Waals surface area contributed by atoms with E-state index in [4.69, 9.17) is 0 Å². The largest absolute Gasteiger partial charge is 0.504 e. The summed E-state index contributed by atoms with van der Waals surface area (Å²) in [6.07, 6.45) is 2.68. The van der Waals surface area contributed by atoms with Gasteiger partial charge in [-0.25, -0.2) is 18.0 Å². The van der Waals surface area contributed by atoms with Gasteiger partial charge in [-0.2, -0.15) is 0 Å². The van der Waals surface area contributed by atoms with Crippen molar-refractivity contribution in [3.8, 4) is 11.5 Å². The first-order chi connectivity index (χ1) is 14.9. The highest BCUT2D eigenvalue weighted by molar-refractivity contribution is 5.86. The van der Waals surface area contributed by atoms with Gasteiger partial charge in [0.05, 0.1) is 13.2 Å². The second-order valence-corrected chi connectivity index (χ2v) is 8.64. The maximum absolute atomic E-state index is 15.3. The Morgan fingerprint density at radius 3 is 2.34 bits per heavy atom. The summed E-state index contributed by atoms with van der Waals surface area (Å²) in [4.78, 5) is 13.0. The van der Waals surface area contributed by atoms with Crippen LogP contribution in [0.4, 0.5) is 13.2 Å². The van der Waals surface area contributed by atoms with Gasteiger partial charge in [-0.15, -0.1) is 0 Å². The number of phenolic OH excluding ortho intramolecular Hbond substituents is 2. The van der Waals surface area contributed by atoms with Crippen LogP contribution >= 0.6 is 0 Å². The molecule has 0 saturated heterocycles. The Bertz CT molecular complexity index is 1040. The van der Waals surface area contributed by atoms with E-state index in [2.05, 4.69) is 4.74 Å². The van der Waals surface area contributed by atoms with E-state index in [0.29, 0.717) is 17.5 Å². The average molecular weight is 449 g/mol. The Morgan fingerprint density at radius 2 is 1.78 bits per heavy atom. The number of hydrogen-bond acceptors (Lipinski definition) is 5. The zero-order valence-electron chi connectivity index (χ0n) is 18.3. The predicted molar refractivity (Wildman–Crippen MR) is 114 cm³/mol. The lowest BCUT2D eigenvalue weighted by Crippen LogP contribution is -2.48. The quantitative estimate of drug-likeness (QED) is 0.395. The molecular formula is C24H26F3NO4. The van der Waals surface area contributed by atoms with Gasteiger partial charge < -0.3 is 14.9 Å². The van der Waals surface area contributed by atoms with Crippen molar-refractivity contribution in [1.82, 2.24) is 4.90 Å². The van der Waals surface area contributed by atoms with E-state index in [0.717, 1.165) is 18.2 Å². The van der Waals surface area contributed by atoms with Crippen LogP contribution in [0.2, 0.25) is 0 Å². The lowest BCUT2D eigenvalue weighted by molar-refractivity contribution is -0.134. The zero-order chi connectivity index (χ0) is 23.8. The molecule has 0 bridgehead atoms. The summed E-state index contributed by atoms with van der Waals surface area (Å²) in [7, 11) is 1.19. The molecule has 0 aliphatic carbocycles. The average Bonchev–Trinajstić information content (AvgIpc) is 2.68. The number of carbonyl (C=O) groups is 1. The van der Waals surface area contributed by atoms with Gasteiger partial charge in [0.1, 0.15) is 17.3 Å². The number of methoxy groups -OCH3 is 1. The van der Waals surface area contributed by atoms with Crippen molar-refractivity contribution >= 4 is 12.0 Å². The van der Waals surface area contributed by atoms with Gasteiger partial charge >= 0.3 is 5.97 Å². The van der Waals surface area contributed by atoms with E-state index in [1.165, 1.54) is 39.2 Å². The van der Waals surface area contributed by atoms with Gasteiger partial charge in [-0.05, 0) is 74.2 Å². The lowest BCUT2D eigenvalue weighted by Gasteiger charge is -2.44. The summed E-state index contributed by atoms with van der Waals surface area (Å²) in [5, 5.41) is 20.0. The highest BCUT2D eigenvalue weighted by Gasteiger charge is 2.39. The molecule has 2 N–H and O–H groups in total. The molecule has 0 amide bonds. The first kappa shape index (κ1) is 23.7. The van der Waals surface area contributed by atoms with Crippen molar-refractivity contribution in [2.75, 3.05) is 13.7 Å². The molecule has 1 heterocycles. The fourth-order valence-electron chi connectivity index (χ4n) is 4.13. The molecule has 2 aromatic carbocycles. The van der Waals surface area contributed by atoms with Gasteiger partial charge in [-0.1, -0.05) is 0 Å².